The van der Waals surface area contributed by atoms with Crippen LogP contribution in [0.5, 0.6) is 0 Å². The van der Waals surface area contributed by atoms with Crippen LogP contribution in [0.4, 0.5) is 11.8 Å². The Kier molecular flexibility index (Phi) is 6.67. The number of nitrogens with zero attached hydrogens (tertiary/aromatic N) is 5. The Labute approximate surface area is 206 Å². The molecule has 2 aromatic heterocycles. The summed E-state index contributed by atoms with van der Waals surface area (Å²) in [6, 6.07) is 12.1. The lowest BCUT2D eigenvalue weighted by Crippen LogP contribution is -2.46. The standard InChI is InChI=1S/C27H33N5O3/c1-17(2)24(33)21-7-5-6-20(14-21)23-9-8-22-25(28-23)29-27(32-11-13-35-16-19(32)4)30-26(22)31-10-12-34-15-18(31)3/h5-9,14,17-19H,10-13,15-16H2,1-4H3/t18-,19-/m1/s1. The maximum atomic E-state index is 12.6. The normalized spacial score (nSPS) is 21.1. The van der Waals surface area contributed by atoms with Gasteiger partial charge in [0.1, 0.15) is 5.82 Å². The summed E-state index contributed by atoms with van der Waals surface area (Å²) in [6.07, 6.45) is 0. The molecule has 0 bridgehead atoms. The molecule has 2 aliphatic rings. The minimum absolute atomic E-state index is 0.0568. The number of pyridine rings is 1. The van der Waals surface area contributed by atoms with E-state index in [1.165, 1.54) is 0 Å². The van der Waals surface area contributed by atoms with Gasteiger partial charge in [-0.15, -0.1) is 0 Å². The predicted octanol–water partition coefficient (Wildman–Crippen LogP) is 3.98. The van der Waals surface area contributed by atoms with Crippen LogP contribution in [-0.2, 0) is 9.47 Å². The number of anilines is 2. The average Bonchev–Trinajstić information content (AvgIpc) is 2.88. The van der Waals surface area contributed by atoms with Crippen molar-refractivity contribution >= 4 is 28.6 Å². The summed E-state index contributed by atoms with van der Waals surface area (Å²) in [7, 11) is 0. The second-order valence-corrected chi connectivity index (χ2v) is 9.75. The quantitative estimate of drug-likeness (QED) is 0.513. The molecule has 184 valence electrons. The van der Waals surface area contributed by atoms with E-state index in [9.17, 15) is 4.79 Å². The molecule has 0 saturated carbocycles. The first-order chi connectivity index (χ1) is 16.9. The van der Waals surface area contributed by atoms with Gasteiger partial charge in [-0.1, -0.05) is 32.0 Å². The predicted molar refractivity (Wildman–Crippen MR) is 137 cm³/mol. The van der Waals surface area contributed by atoms with Gasteiger partial charge in [-0.2, -0.15) is 9.97 Å². The molecule has 8 nitrogen and oxygen atoms in total. The summed E-state index contributed by atoms with van der Waals surface area (Å²) < 4.78 is 11.3. The van der Waals surface area contributed by atoms with Gasteiger partial charge < -0.3 is 19.3 Å². The van der Waals surface area contributed by atoms with Crippen molar-refractivity contribution in [3.05, 3.63) is 42.0 Å². The maximum absolute atomic E-state index is 12.6. The van der Waals surface area contributed by atoms with Gasteiger partial charge in [-0.3, -0.25) is 4.79 Å². The van der Waals surface area contributed by atoms with Crippen LogP contribution in [0.15, 0.2) is 36.4 Å². The lowest BCUT2D eigenvalue weighted by molar-refractivity contribution is 0.0939. The second-order valence-electron chi connectivity index (χ2n) is 9.75. The fraction of sp³-hybridized carbons (Fsp3) is 0.481. The topological polar surface area (TPSA) is 80.7 Å². The number of carbonyl (C=O) groups excluding carboxylic acids is 1. The molecule has 0 spiro atoms. The lowest BCUT2D eigenvalue weighted by atomic mass is 9.98. The molecule has 3 aromatic rings. The van der Waals surface area contributed by atoms with Gasteiger partial charge >= 0.3 is 0 Å². The van der Waals surface area contributed by atoms with Gasteiger partial charge in [-0.05, 0) is 32.0 Å². The second kappa shape index (κ2) is 9.87. The Morgan fingerprint density at radius 1 is 0.943 bits per heavy atom. The van der Waals surface area contributed by atoms with E-state index in [0.29, 0.717) is 43.6 Å². The molecule has 0 aliphatic carbocycles. The monoisotopic (exact) mass is 475 g/mol. The minimum atomic E-state index is -0.0568. The number of benzene rings is 1. The van der Waals surface area contributed by atoms with Gasteiger partial charge in [0.25, 0.3) is 0 Å². The molecule has 2 fully saturated rings. The molecule has 5 rings (SSSR count). The fourth-order valence-corrected chi connectivity index (χ4v) is 4.72. The maximum Gasteiger partial charge on any atom is 0.229 e. The molecule has 0 radical (unpaired) electrons. The van der Waals surface area contributed by atoms with E-state index < -0.39 is 0 Å². The number of hydrogen-bond acceptors (Lipinski definition) is 8. The summed E-state index contributed by atoms with van der Waals surface area (Å²) in [5.41, 5.74) is 3.05. The molecular weight excluding hydrogens is 442 g/mol. The van der Waals surface area contributed by atoms with Crippen LogP contribution in [0, 0.1) is 5.92 Å². The van der Waals surface area contributed by atoms with Crippen molar-refractivity contribution in [2.75, 3.05) is 49.3 Å². The van der Waals surface area contributed by atoms with E-state index in [1.807, 2.05) is 44.2 Å². The number of morpholine rings is 2. The first-order valence-electron chi connectivity index (χ1n) is 12.4. The van der Waals surface area contributed by atoms with Gasteiger partial charge in [0.05, 0.1) is 49.6 Å². The number of ketones is 1. The molecule has 4 heterocycles. The van der Waals surface area contributed by atoms with Gasteiger partial charge in [0, 0.05) is 30.1 Å². The Bertz CT molecular complexity index is 1230. The van der Waals surface area contributed by atoms with E-state index in [4.69, 9.17) is 24.4 Å². The van der Waals surface area contributed by atoms with Crippen LogP contribution >= 0.6 is 0 Å². The number of fused-ring (bicyclic) bond motifs is 1. The molecule has 1 aromatic carbocycles. The molecule has 2 saturated heterocycles. The van der Waals surface area contributed by atoms with E-state index in [2.05, 4.69) is 29.7 Å². The largest absolute Gasteiger partial charge is 0.377 e. The van der Waals surface area contributed by atoms with Crippen molar-refractivity contribution in [2.24, 2.45) is 5.92 Å². The van der Waals surface area contributed by atoms with Gasteiger partial charge in [0.15, 0.2) is 11.4 Å². The number of hydrogen-bond donors (Lipinski definition) is 0. The Morgan fingerprint density at radius 3 is 2.34 bits per heavy atom. The Balaban J connectivity index is 1.62. The smallest absolute Gasteiger partial charge is 0.229 e. The molecule has 2 aliphatic heterocycles. The molecule has 8 heteroatoms. The third-order valence-corrected chi connectivity index (χ3v) is 6.76. The van der Waals surface area contributed by atoms with Crippen LogP contribution in [-0.4, -0.2) is 72.3 Å². The molecule has 0 unspecified atom stereocenters. The van der Waals surface area contributed by atoms with Gasteiger partial charge in [-0.25, -0.2) is 4.98 Å². The SMILES string of the molecule is CC(C)C(=O)c1cccc(-c2ccc3c(N4CCOC[C@H]4C)nc(N4CCOC[C@H]4C)nc3n2)c1. The molecule has 35 heavy (non-hydrogen) atoms. The third kappa shape index (κ3) is 4.73. The molecular formula is C27H33N5O3. The van der Waals surface area contributed by atoms with Crippen LogP contribution in [0.1, 0.15) is 38.1 Å². The third-order valence-electron chi connectivity index (χ3n) is 6.76. The number of aromatic nitrogens is 3. The number of carbonyl (C=O) groups is 1. The van der Waals surface area contributed by atoms with Crippen molar-refractivity contribution < 1.29 is 14.3 Å². The van der Waals surface area contributed by atoms with Crippen LogP contribution in [0.3, 0.4) is 0 Å². The first-order valence-corrected chi connectivity index (χ1v) is 12.4. The van der Waals surface area contributed by atoms with Crippen molar-refractivity contribution in [2.45, 2.75) is 39.8 Å². The van der Waals surface area contributed by atoms with E-state index in [1.54, 1.807) is 0 Å². The first kappa shape index (κ1) is 23.6. The highest BCUT2D eigenvalue weighted by Gasteiger charge is 2.27. The Hall–Kier alpha value is -3.10. The molecule has 2 atom stereocenters. The summed E-state index contributed by atoms with van der Waals surface area (Å²) in [6.45, 7) is 12.3. The summed E-state index contributed by atoms with van der Waals surface area (Å²) >= 11 is 0. The minimum Gasteiger partial charge on any atom is -0.377 e. The highest BCUT2D eigenvalue weighted by atomic mass is 16.5. The van der Waals surface area contributed by atoms with Crippen molar-refractivity contribution in [1.82, 2.24) is 15.0 Å². The highest BCUT2D eigenvalue weighted by molar-refractivity contribution is 5.98. The van der Waals surface area contributed by atoms with Crippen molar-refractivity contribution in [3.63, 3.8) is 0 Å². The van der Waals surface area contributed by atoms with Crippen molar-refractivity contribution in [3.8, 4) is 11.3 Å². The fourth-order valence-electron chi connectivity index (χ4n) is 4.72. The van der Waals surface area contributed by atoms with E-state index in [-0.39, 0.29) is 23.8 Å². The van der Waals surface area contributed by atoms with E-state index in [0.717, 1.165) is 35.6 Å². The summed E-state index contributed by atoms with van der Waals surface area (Å²) in [5, 5.41) is 0.918. The zero-order chi connectivity index (χ0) is 24.5. The average molecular weight is 476 g/mol. The number of rotatable bonds is 5. The highest BCUT2D eigenvalue weighted by Crippen LogP contribution is 2.31. The number of ether oxygens (including phenoxy) is 2. The van der Waals surface area contributed by atoms with E-state index >= 15 is 0 Å². The molecule has 0 amide bonds. The number of Topliss-reactive ketones (excluding diaryl/α,β-unsaturated/α-hetero) is 1. The lowest BCUT2D eigenvalue weighted by Gasteiger charge is -2.37. The van der Waals surface area contributed by atoms with Crippen LogP contribution in [0.2, 0.25) is 0 Å². The van der Waals surface area contributed by atoms with Crippen molar-refractivity contribution in [1.29, 1.82) is 0 Å². The zero-order valence-corrected chi connectivity index (χ0v) is 20.9. The summed E-state index contributed by atoms with van der Waals surface area (Å²) in [5.74, 6) is 1.64. The summed E-state index contributed by atoms with van der Waals surface area (Å²) in [4.78, 5) is 32.0. The molecule has 0 N–H and O–H groups in total. The zero-order valence-electron chi connectivity index (χ0n) is 20.9. The van der Waals surface area contributed by atoms with Crippen LogP contribution in [0.25, 0.3) is 22.3 Å². The van der Waals surface area contributed by atoms with Crippen LogP contribution < -0.4 is 9.80 Å². The Morgan fingerprint density at radius 2 is 1.66 bits per heavy atom. The van der Waals surface area contributed by atoms with Gasteiger partial charge in [0.2, 0.25) is 5.95 Å².